The van der Waals surface area contributed by atoms with Gasteiger partial charge in [-0.05, 0) is 68.9 Å². The Morgan fingerprint density at radius 1 is 1.27 bits per heavy atom. The van der Waals surface area contributed by atoms with E-state index in [1.165, 1.54) is 12.1 Å². The van der Waals surface area contributed by atoms with Crippen molar-refractivity contribution in [2.75, 3.05) is 32.8 Å². The third-order valence-electron chi connectivity index (χ3n) is 8.50. The number of ether oxygens (including phenoxy) is 2. The summed E-state index contributed by atoms with van der Waals surface area (Å²) in [5.41, 5.74) is 2.68. The number of benzene rings is 1. The highest BCUT2D eigenvalue weighted by Crippen LogP contribution is 2.35. The number of ketones is 1. The Morgan fingerprint density at radius 2 is 2.00 bits per heavy atom. The van der Waals surface area contributed by atoms with Crippen LogP contribution in [0.5, 0.6) is 0 Å². The molecule has 0 spiro atoms. The van der Waals surface area contributed by atoms with Gasteiger partial charge in [-0.3, -0.25) is 19.8 Å². The summed E-state index contributed by atoms with van der Waals surface area (Å²) in [6.07, 6.45) is 12.6. The summed E-state index contributed by atoms with van der Waals surface area (Å²) in [4.78, 5) is 15.0. The molecule has 2 aromatic rings. The van der Waals surface area contributed by atoms with Gasteiger partial charge in [0, 0.05) is 60.5 Å². The number of carbonyl (C=O) groups excluding carboxylic acids is 1. The molecule has 7 nitrogen and oxygen atoms in total. The lowest BCUT2D eigenvalue weighted by atomic mass is 9.94. The summed E-state index contributed by atoms with van der Waals surface area (Å²) in [7, 11) is 0. The lowest BCUT2D eigenvalue weighted by molar-refractivity contribution is -0.127. The summed E-state index contributed by atoms with van der Waals surface area (Å²) >= 11 is 6.40. The maximum Gasteiger partial charge on any atom is 0.150 e. The molecule has 0 radical (unpaired) electrons. The summed E-state index contributed by atoms with van der Waals surface area (Å²) in [6.45, 7) is 11.1. The zero-order chi connectivity index (χ0) is 29.1. The molecule has 5 rings (SSSR count). The molecule has 1 aliphatic carbocycles. The van der Waals surface area contributed by atoms with Crippen molar-refractivity contribution in [1.29, 1.82) is 5.41 Å². The number of hydrogen-bond donors (Lipinski definition) is 1. The molecule has 1 aromatic heterocycles. The lowest BCUT2D eigenvalue weighted by Gasteiger charge is -2.32. The summed E-state index contributed by atoms with van der Waals surface area (Å²) in [5.74, 6) is 0.326. The second-order valence-corrected chi connectivity index (χ2v) is 11.7. The normalized spacial score (nSPS) is 22.0. The van der Waals surface area contributed by atoms with Crippen molar-refractivity contribution >= 4 is 23.1 Å². The molecule has 2 fully saturated rings. The second-order valence-electron chi connectivity index (χ2n) is 11.3. The monoisotopic (exact) mass is 580 g/mol. The number of hydrogen-bond acceptors (Lipinski definition) is 6. The molecule has 41 heavy (non-hydrogen) atoms. The van der Waals surface area contributed by atoms with Crippen LogP contribution in [-0.2, 0) is 14.3 Å². The fraction of sp³-hybridized carbons (Fsp3) is 0.469. The fourth-order valence-corrected chi connectivity index (χ4v) is 6.28. The number of allylic oxidation sites excluding steroid dienone is 4. The topological polar surface area (TPSA) is 80.4 Å². The molecule has 2 saturated heterocycles. The largest absolute Gasteiger partial charge is 0.484 e. The van der Waals surface area contributed by atoms with Crippen LogP contribution in [0.4, 0.5) is 4.39 Å². The molecule has 0 amide bonds. The number of likely N-dealkylation sites (tertiary alicyclic amines) is 1. The SMILES string of the molecule is C=C1C=CC(c2cnn(C3CCN(CC(=O)C4CCOCC4)CC3)c2)C=C(OC(C)c2c(Cl)ccc(F)c2C)C1=N. The van der Waals surface area contributed by atoms with Gasteiger partial charge in [-0.2, -0.15) is 5.10 Å². The van der Waals surface area contributed by atoms with E-state index in [9.17, 15) is 9.18 Å². The third-order valence-corrected chi connectivity index (χ3v) is 8.83. The number of piperidine rings is 1. The molecule has 218 valence electrons. The zero-order valence-corrected chi connectivity index (χ0v) is 24.5. The van der Waals surface area contributed by atoms with Crippen molar-refractivity contribution in [3.8, 4) is 0 Å². The quantitative estimate of drug-likeness (QED) is 0.385. The van der Waals surface area contributed by atoms with E-state index in [0.717, 1.165) is 44.3 Å². The van der Waals surface area contributed by atoms with Gasteiger partial charge >= 0.3 is 0 Å². The van der Waals surface area contributed by atoms with Gasteiger partial charge in [0.2, 0.25) is 0 Å². The lowest BCUT2D eigenvalue weighted by Crippen LogP contribution is -2.40. The molecule has 0 bridgehead atoms. The first-order valence-electron chi connectivity index (χ1n) is 14.4. The summed E-state index contributed by atoms with van der Waals surface area (Å²) in [6, 6.07) is 3.13. The van der Waals surface area contributed by atoms with Gasteiger partial charge in [0.1, 0.15) is 29.2 Å². The Balaban J connectivity index is 1.25. The molecule has 2 aliphatic heterocycles. The third kappa shape index (κ3) is 6.71. The molecular formula is C32H38ClFN4O3. The number of rotatable bonds is 8. The van der Waals surface area contributed by atoms with E-state index in [1.54, 1.807) is 13.8 Å². The van der Waals surface area contributed by atoms with Crippen LogP contribution in [0, 0.1) is 24.1 Å². The minimum atomic E-state index is -0.567. The van der Waals surface area contributed by atoms with Gasteiger partial charge in [-0.1, -0.05) is 30.3 Å². The van der Waals surface area contributed by atoms with Gasteiger partial charge in [0.25, 0.3) is 0 Å². The van der Waals surface area contributed by atoms with Crippen LogP contribution >= 0.6 is 11.6 Å². The van der Waals surface area contributed by atoms with Crippen LogP contribution in [0.25, 0.3) is 0 Å². The van der Waals surface area contributed by atoms with E-state index in [0.29, 0.717) is 53.0 Å². The molecule has 9 heteroatoms. The highest BCUT2D eigenvalue weighted by molar-refractivity contribution is 6.31. The van der Waals surface area contributed by atoms with E-state index >= 15 is 0 Å². The summed E-state index contributed by atoms with van der Waals surface area (Å²) < 4.78 is 27.9. The van der Waals surface area contributed by atoms with E-state index in [4.69, 9.17) is 26.5 Å². The average Bonchev–Trinajstić information content (AvgIpc) is 3.42. The Kier molecular flexibility index (Phi) is 9.22. The fourth-order valence-electron chi connectivity index (χ4n) is 5.92. The van der Waals surface area contributed by atoms with Crippen molar-refractivity contribution in [2.45, 2.75) is 57.6 Å². The Labute approximate surface area is 246 Å². The highest BCUT2D eigenvalue weighted by atomic mass is 35.5. The standard InChI is InChI=1S/C32H38ClFN4O3/c1-20-4-5-24(16-30(32(20)35)41-22(3)31-21(2)28(34)7-6-27(31)33)25-17-36-38(18-25)26-8-12-37(13-9-26)19-29(39)23-10-14-40-15-11-23/h4-7,16-18,22-24,26,35H,1,8-15,19H2,2-3H3. The van der Waals surface area contributed by atoms with E-state index < -0.39 is 6.10 Å². The Hall–Kier alpha value is -3.07. The number of Topliss-reactive ketones (excluding diaryl/α,β-unsaturated/α-hetero) is 1. The smallest absolute Gasteiger partial charge is 0.150 e. The van der Waals surface area contributed by atoms with Crippen LogP contribution in [0.15, 0.2) is 60.7 Å². The van der Waals surface area contributed by atoms with E-state index in [2.05, 4.69) is 22.8 Å². The minimum Gasteiger partial charge on any atom is -0.484 e. The number of aromatic nitrogens is 2. The van der Waals surface area contributed by atoms with E-state index in [-0.39, 0.29) is 29.4 Å². The van der Waals surface area contributed by atoms with Crippen LogP contribution < -0.4 is 0 Å². The molecule has 2 atom stereocenters. The van der Waals surface area contributed by atoms with Crippen molar-refractivity contribution in [3.05, 3.63) is 88.2 Å². The van der Waals surface area contributed by atoms with Crippen molar-refractivity contribution < 1.29 is 18.7 Å². The predicted molar refractivity (Wildman–Crippen MR) is 158 cm³/mol. The molecule has 1 aromatic carbocycles. The Bertz CT molecular complexity index is 1370. The molecular weight excluding hydrogens is 543 g/mol. The maximum absolute atomic E-state index is 14.3. The Morgan fingerprint density at radius 3 is 2.73 bits per heavy atom. The predicted octanol–water partition coefficient (Wildman–Crippen LogP) is 6.51. The highest BCUT2D eigenvalue weighted by Gasteiger charge is 2.28. The number of halogens is 2. The number of nitrogens with one attached hydrogen (secondary N) is 1. The zero-order valence-electron chi connectivity index (χ0n) is 23.7. The van der Waals surface area contributed by atoms with Gasteiger partial charge in [-0.15, -0.1) is 0 Å². The maximum atomic E-state index is 14.3. The molecule has 2 unspecified atom stereocenters. The van der Waals surface area contributed by atoms with Gasteiger partial charge < -0.3 is 9.47 Å². The van der Waals surface area contributed by atoms with Crippen molar-refractivity contribution in [3.63, 3.8) is 0 Å². The molecule has 1 N–H and O–H groups in total. The van der Waals surface area contributed by atoms with Gasteiger partial charge in [-0.25, -0.2) is 4.39 Å². The number of nitrogens with zero attached hydrogens (tertiary/aromatic N) is 3. The first-order valence-corrected chi connectivity index (χ1v) is 14.7. The first kappa shape index (κ1) is 29.4. The summed E-state index contributed by atoms with van der Waals surface area (Å²) in [5, 5.41) is 13.8. The average molecular weight is 581 g/mol. The van der Waals surface area contributed by atoms with Crippen LogP contribution in [0.2, 0.25) is 5.02 Å². The van der Waals surface area contributed by atoms with Crippen molar-refractivity contribution in [2.24, 2.45) is 5.92 Å². The van der Waals surface area contributed by atoms with E-state index in [1.807, 2.05) is 29.1 Å². The minimum absolute atomic E-state index is 0.139. The van der Waals surface area contributed by atoms with Gasteiger partial charge in [0.05, 0.1) is 18.8 Å². The molecule has 3 aliphatic rings. The van der Waals surface area contributed by atoms with Crippen LogP contribution in [0.1, 0.15) is 67.4 Å². The van der Waals surface area contributed by atoms with Crippen LogP contribution in [0.3, 0.4) is 0 Å². The van der Waals surface area contributed by atoms with Crippen molar-refractivity contribution in [1.82, 2.24) is 14.7 Å². The van der Waals surface area contributed by atoms with Gasteiger partial charge in [0.15, 0.2) is 0 Å². The molecule has 3 heterocycles. The molecule has 0 saturated carbocycles. The second kappa shape index (κ2) is 12.8. The first-order chi connectivity index (χ1) is 19.7. The number of carbonyl (C=O) groups is 1. The van der Waals surface area contributed by atoms with Crippen LogP contribution in [-0.4, -0.2) is 59.0 Å².